The summed E-state index contributed by atoms with van der Waals surface area (Å²) in [6, 6.07) is 3.69. The van der Waals surface area contributed by atoms with Crippen LogP contribution in [0.4, 0.5) is 0 Å². The fraction of sp³-hybridized carbons (Fsp3) is 0.538. The maximum Gasteiger partial charge on any atom is 0.124 e. The molecule has 0 radical (unpaired) electrons. The number of benzene rings is 1. The van der Waals surface area contributed by atoms with Crippen molar-refractivity contribution in [3.05, 3.63) is 27.7 Å². The highest BCUT2D eigenvalue weighted by atomic mass is 79.9. The second-order valence-corrected chi connectivity index (χ2v) is 6.30. The van der Waals surface area contributed by atoms with Gasteiger partial charge in [-0.15, -0.1) is 0 Å². The predicted octanol–water partition coefficient (Wildman–Crippen LogP) is 4.44. The summed E-state index contributed by atoms with van der Waals surface area (Å²) < 4.78 is 5.40. The average Bonchev–Trinajstić information content (AvgIpc) is 2.41. The first-order valence-corrected chi connectivity index (χ1v) is 7.68. The van der Waals surface area contributed by atoms with Gasteiger partial charge in [-0.1, -0.05) is 39.1 Å². The van der Waals surface area contributed by atoms with Gasteiger partial charge in [0.25, 0.3) is 0 Å². The minimum absolute atomic E-state index is 0.254. The van der Waals surface area contributed by atoms with Crippen LogP contribution in [0.5, 0.6) is 5.75 Å². The van der Waals surface area contributed by atoms with Gasteiger partial charge in [0.15, 0.2) is 0 Å². The number of rotatable bonds is 3. The molecule has 1 aliphatic rings. The first-order chi connectivity index (χ1) is 8.63. The molecule has 18 heavy (non-hydrogen) atoms. The Morgan fingerprint density at radius 3 is 2.50 bits per heavy atom. The summed E-state index contributed by atoms with van der Waals surface area (Å²) >= 11 is 15.9. The third kappa shape index (κ3) is 3.13. The summed E-state index contributed by atoms with van der Waals surface area (Å²) in [5.74, 6) is 1.39. The maximum atomic E-state index is 6.11. The van der Waals surface area contributed by atoms with E-state index in [-0.39, 0.29) is 4.83 Å². The van der Waals surface area contributed by atoms with Gasteiger partial charge in [0.1, 0.15) is 5.75 Å². The molecule has 1 heterocycles. The van der Waals surface area contributed by atoms with Crippen molar-refractivity contribution in [2.45, 2.75) is 17.7 Å². The zero-order chi connectivity index (χ0) is 13.1. The Balaban J connectivity index is 2.27. The highest BCUT2D eigenvalue weighted by Gasteiger charge is 2.25. The summed E-state index contributed by atoms with van der Waals surface area (Å²) in [5.41, 5.74) is 1.08. The second kappa shape index (κ2) is 6.47. The third-order valence-corrected chi connectivity index (χ3v) is 5.33. The number of alkyl halides is 1. The van der Waals surface area contributed by atoms with E-state index < -0.39 is 0 Å². The molecule has 1 fully saturated rings. The molecular weight excluding hydrogens is 337 g/mol. The van der Waals surface area contributed by atoms with Gasteiger partial charge in [0.2, 0.25) is 0 Å². The SMILES string of the molecule is COc1cc(Cl)c(Cl)cc1C(Br)C1CCNCC1. The van der Waals surface area contributed by atoms with E-state index in [1.54, 1.807) is 13.2 Å². The Kier molecular flexibility index (Phi) is 5.19. The topological polar surface area (TPSA) is 21.3 Å². The Labute approximate surface area is 126 Å². The average molecular weight is 353 g/mol. The standard InChI is InChI=1S/C13H16BrCl2NO/c1-18-12-7-11(16)10(15)6-9(12)13(14)8-2-4-17-5-3-8/h6-8,13,17H,2-5H2,1H3. The summed E-state index contributed by atoms with van der Waals surface area (Å²) in [6.07, 6.45) is 2.30. The van der Waals surface area contributed by atoms with Gasteiger partial charge in [-0.25, -0.2) is 0 Å². The minimum atomic E-state index is 0.254. The lowest BCUT2D eigenvalue weighted by molar-refractivity contribution is 0.359. The molecule has 0 saturated carbocycles. The molecule has 2 rings (SSSR count). The van der Waals surface area contributed by atoms with Crippen LogP contribution < -0.4 is 10.1 Å². The Hall–Kier alpha value is 0.0400. The summed E-state index contributed by atoms with van der Waals surface area (Å²) in [5, 5.41) is 4.48. The third-order valence-electron chi connectivity index (χ3n) is 3.37. The molecule has 1 saturated heterocycles. The van der Waals surface area contributed by atoms with Crippen LogP contribution in [0.15, 0.2) is 12.1 Å². The Morgan fingerprint density at radius 1 is 1.28 bits per heavy atom. The van der Waals surface area contributed by atoms with Gasteiger partial charge >= 0.3 is 0 Å². The zero-order valence-corrected chi connectivity index (χ0v) is 13.3. The second-order valence-electron chi connectivity index (χ2n) is 4.50. The monoisotopic (exact) mass is 351 g/mol. The highest BCUT2D eigenvalue weighted by Crippen LogP contribution is 2.43. The quantitative estimate of drug-likeness (QED) is 0.812. The van der Waals surface area contributed by atoms with Crippen molar-refractivity contribution in [2.24, 2.45) is 5.92 Å². The molecule has 0 bridgehead atoms. The van der Waals surface area contributed by atoms with Crippen LogP contribution in [0.3, 0.4) is 0 Å². The van der Waals surface area contributed by atoms with Gasteiger partial charge in [-0.2, -0.15) is 0 Å². The lowest BCUT2D eigenvalue weighted by Crippen LogP contribution is -2.29. The zero-order valence-electron chi connectivity index (χ0n) is 10.2. The van der Waals surface area contributed by atoms with Crippen molar-refractivity contribution in [2.75, 3.05) is 20.2 Å². The van der Waals surface area contributed by atoms with E-state index in [0.717, 1.165) is 37.2 Å². The Bertz CT molecular complexity index is 422. The van der Waals surface area contributed by atoms with Crippen molar-refractivity contribution >= 4 is 39.1 Å². The first kappa shape index (κ1) is 14.4. The van der Waals surface area contributed by atoms with E-state index in [0.29, 0.717) is 16.0 Å². The number of hydrogen-bond donors (Lipinski definition) is 1. The lowest BCUT2D eigenvalue weighted by Gasteiger charge is -2.28. The van der Waals surface area contributed by atoms with E-state index in [1.165, 1.54) is 0 Å². The summed E-state index contributed by atoms with van der Waals surface area (Å²) in [7, 11) is 1.66. The molecule has 1 unspecified atom stereocenters. The summed E-state index contributed by atoms with van der Waals surface area (Å²) in [4.78, 5) is 0.254. The van der Waals surface area contributed by atoms with Crippen molar-refractivity contribution < 1.29 is 4.74 Å². The van der Waals surface area contributed by atoms with Crippen molar-refractivity contribution in [1.29, 1.82) is 0 Å². The molecule has 1 aromatic rings. The molecule has 1 N–H and O–H groups in total. The molecule has 5 heteroatoms. The van der Waals surface area contributed by atoms with E-state index >= 15 is 0 Å². The van der Waals surface area contributed by atoms with Crippen LogP contribution >= 0.6 is 39.1 Å². The van der Waals surface area contributed by atoms with Crippen LogP contribution in [0.1, 0.15) is 23.2 Å². The maximum absolute atomic E-state index is 6.11. The van der Waals surface area contributed by atoms with Crippen LogP contribution in [0.25, 0.3) is 0 Å². The first-order valence-electron chi connectivity index (χ1n) is 6.01. The van der Waals surface area contributed by atoms with E-state index in [4.69, 9.17) is 27.9 Å². The van der Waals surface area contributed by atoms with Crippen LogP contribution in [0, 0.1) is 5.92 Å². The van der Waals surface area contributed by atoms with Gasteiger partial charge < -0.3 is 10.1 Å². The normalized spacial score (nSPS) is 18.7. The van der Waals surface area contributed by atoms with Gasteiger partial charge in [-0.05, 0) is 37.9 Å². The Morgan fingerprint density at radius 2 is 1.89 bits per heavy atom. The predicted molar refractivity (Wildman–Crippen MR) is 80.3 cm³/mol. The number of hydrogen-bond acceptors (Lipinski definition) is 2. The smallest absolute Gasteiger partial charge is 0.124 e. The largest absolute Gasteiger partial charge is 0.496 e. The molecule has 0 spiro atoms. The molecule has 1 aromatic carbocycles. The molecule has 1 aliphatic heterocycles. The fourth-order valence-corrected chi connectivity index (χ4v) is 3.54. The van der Waals surface area contributed by atoms with Crippen LogP contribution in [0.2, 0.25) is 10.0 Å². The van der Waals surface area contributed by atoms with E-state index in [2.05, 4.69) is 21.2 Å². The van der Waals surface area contributed by atoms with Crippen LogP contribution in [-0.2, 0) is 0 Å². The highest BCUT2D eigenvalue weighted by molar-refractivity contribution is 9.09. The van der Waals surface area contributed by atoms with Gasteiger partial charge in [0, 0.05) is 16.5 Å². The molecule has 0 aliphatic carbocycles. The van der Waals surface area contributed by atoms with Gasteiger partial charge in [0.05, 0.1) is 17.2 Å². The van der Waals surface area contributed by atoms with Crippen LogP contribution in [-0.4, -0.2) is 20.2 Å². The van der Waals surface area contributed by atoms with Gasteiger partial charge in [-0.3, -0.25) is 0 Å². The number of methoxy groups -OCH3 is 1. The fourth-order valence-electron chi connectivity index (χ4n) is 2.33. The number of halogens is 3. The molecule has 0 aromatic heterocycles. The number of ether oxygens (including phenoxy) is 1. The van der Waals surface area contributed by atoms with E-state index in [9.17, 15) is 0 Å². The van der Waals surface area contributed by atoms with Crippen molar-refractivity contribution in [3.8, 4) is 5.75 Å². The molecule has 1 atom stereocenters. The summed E-state index contributed by atoms with van der Waals surface area (Å²) in [6.45, 7) is 2.13. The molecular formula is C13H16BrCl2NO. The number of nitrogens with one attached hydrogen (secondary N) is 1. The molecule has 100 valence electrons. The molecule has 2 nitrogen and oxygen atoms in total. The lowest BCUT2D eigenvalue weighted by atomic mass is 9.90. The van der Waals surface area contributed by atoms with Crippen molar-refractivity contribution in [3.63, 3.8) is 0 Å². The molecule has 0 amide bonds. The number of piperidine rings is 1. The minimum Gasteiger partial charge on any atom is -0.496 e. The van der Waals surface area contributed by atoms with E-state index in [1.807, 2.05) is 6.07 Å². The van der Waals surface area contributed by atoms with Crippen molar-refractivity contribution in [1.82, 2.24) is 5.32 Å².